The van der Waals surface area contributed by atoms with Gasteiger partial charge in [-0.25, -0.2) is 0 Å². The third kappa shape index (κ3) is 4.87. The van der Waals surface area contributed by atoms with Crippen molar-refractivity contribution in [2.75, 3.05) is 63.2 Å². The monoisotopic (exact) mass is 371 g/mol. The molecule has 3 rings (SSSR count). The number of hydrogen-bond acceptors (Lipinski definition) is 6. The minimum Gasteiger partial charge on any atom is -0.382 e. The summed E-state index contributed by atoms with van der Waals surface area (Å²) in [6.07, 6.45) is 2.66. The summed E-state index contributed by atoms with van der Waals surface area (Å²) in [5, 5.41) is 7.80. The van der Waals surface area contributed by atoms with Crippen LogP contribution in [0.3, 0.4) is 0 Å². The van der Waals surface area contributed by atoms with Crippen LogP contribution in [0.4, 0.5) is 11.4 Å². The van der Waals surface area contributed by atoms with Crippen LogP contribution in [0.25, 0.3) is 5.69 Å². The van der Waals surface area contributed by atoms with Crippen LogP contribution in [-0.4, -0.2) is 67.7 Å². The van der Waals surface area contributed by atoms with Crippen molar-refractivity contribution in [3.63, 3.8) is 0 Å². The number of para-hydroxylation sites is 1. The van der Waals surface area contributed by atoms with Crippen molar-refractivity contribution in [2.24, 2.45) is 0 Å². The molecule has 0 spiro atoms. The van der Waals surface area contributed by atoms with Gasteiger partial charge in [-0.3, -0.25) is 4.79 Å². The minimum atomic E-state index is -0.117. The molecule has 1 fully saturated rings. The van der Waals surface area contributed by atoms with Crippen molar-refractivity contribution in [2.45, 2.75) is 13.3 Å². The average Bonchev–Trinajstić information content (AvgIpc) is 2.70. The predicted octanol–water partition coefficient (Wildman–Crippen LogP) is 1.82. The van der Waals surface area contributed by atoms with Gasteiger partial charge in [-0.15, -0.1) is 0 Å². The van der Waals surface area contributed by atoms with E-state index >= 15 is 0 Å². The van der Waals surface area contributed by atoms with Crippen LogP contribution in [0.1, 0.15) is 13.3 Å². The first-order valence-electron chi connectivity index (χ1n) is 9.63. The molecule has 0 unspecified atom stereocenters. The highest BCUT2D eigenvalue weighted by Gasteiger charge is 2.20. The molecule has 2 heterocycles. The number of likely N-dealkylation sites (N-methyl/N-ethyl adjacent to an activating group) is 1. The lowest BCUT2D eigenvalue weighted by molar-refractivity contribution is 0.147. The molecule has 146 valence electrons. The summed E-state index contributed by atoms with van der Waals surface area (Å²) in [5.41, 5.74) is 2.16. The van der Waals surface area contributed by atoms with E-state index in [-0.39, 0.29) is 5.56 Å². The molecule has 1 aliphatic heterocycles. The van der Waals surface area contributed by atoms with Crippen LogP contribution in [0.5, 0.6) is 0 Å². The Morgan fingerprint density at radius 3 is 2.59 bits per heavy atom. The van der Waals surface area contributed by atoms with Gasteiger partial charge < -0.3 is 19.9 Å². The molecular formula is C20H29N5O2. The van der Waals surface area contributed by atoms with E-state index in [1.807, 2.05) is 43.5 Å². The molecule has 0 aliphatic carbocycles. The molecule has 0 atom stereocenters. The van der Waals surface area contributed by atoms with Crippen molar-refractivity contribution in [1.29, 1.82) is 0 Å². The minimum absolute atomic E-state index is 0.117. The summed E-state index contributed by atoms with van der Waals surface area (Å²) >= 11 is 0. The van der Waals surface area contributed by atoms with Gasteiger partial charge in [-0.2, -0.15) is 9.78 Å². The first-order valence-corrected chi connectivity index (χ1v) is 9.63. The number of anilines is 2. The number of benzene rings is 1. The summed E-state index contributed by atoms with van der Waals surface area (Å²) in [4.78, 5) is 17.7. The molecule has 0 bridgehead atoms. The zero-order valence-corrected chi connectivity index (χ0v) is 16.2. The molecule has 1 N–H and O–H groups in total. The Balaban J connectivity index is 1.87. The van der Waals surface area contributed by atoms with Crippen molar-refractivity contribution >= 4 is 11.4 Å². The van der Waals surface area contributed by atoms with Gasteiger partial charge in [-0.05, 0) is 32.5 Å². The van der Waals surface area contributed by atoms with Crippen molar-refractivity contribution < 1.29 is 4.74 Å². The molecule has 7 heteroatoms. The standard InChI is InChI=1S/C20H29N5O2/c1-3-27-15-7-10-21-19-18(24-13-11-23(2)12-14-24)16-22-25(20(19)26)17-8-5-4-6-9-17/h4-6,8-9,16,21H,3,7,10-15H2,1-2H3. The zero-order chi connectivity index (χ0) is 19.1. The normalized spacial score (nSPS) is 15.1. The number of ether oxygens (including phenoxy) is 1. The maximum absolute atomic E-state index is 13.2. The first-order chi connectivity index (χ1) is 13.2. The first kappa shape index (κ1) is 19.4. The Bertz CT molecular complexity index is 770. The predicted molar refractivity (Wildman–Crippen MR) is 109 cm³/mol. The van der Waals surface area contributed by atoms with Gasteiger partial charge in [0.1, 0.15) is 5.69 Å². The second kappa shape index (κ2) is 9.53. The van der Waals surface area contributed by atoms with Gasteiger partial charge in [0, 0.05) is 45.9 Å². The van der Waals surface area contributed by atoms with E-state index in [0.29, 0.717) is 25.4 Å². The fraction of sp³-hybridized carbons (Fsp3) is 0.500. The largest absolute Gasteiger partial charge is 0.382 e. The molecule has 0 saturated carbocycles. The van der Waals surface area contributed by atoms with Gasteiger partial charge in [0.05, 0.1) is 17.6 Å². The zero-order valence-electron chi connectivity index (χ0n) is 16.2. The topological polar surface area (TPSA) is 62.6 Å². The van der Waals surface area contributed by atoms with E-state index in [2.05, 4.69) is 27.3 Å². The molecule has 2 aromatic rings. The van der Waals surface area contributed by atoms with Crippen molar-refractivity contribution in [3.8, 4) is 5.69 Å². The van der Waals surface area contributed by atoms with Crippen LogP contribution < -0.4 is 15.8 Å². The SMILES string of the molecule is CCOCCCNc1c(N2CCN(C)CC2)cnn(-c2ccccc2)c1=O. The van der Waals surface area contributed by atoms with Gasteiger partial charge in [0.25, 0.3) is 5.56 Å². The Hall–Kier alpha value is -2.38. The van der Waals surface area contributed by atoms with Gasteiger partial charge in [0.15, 0.2) is 0 Å². The molecule has 1 saturated heterocycles. The molecule has 0 radical (unpaired) electrons. The number of nitrogens with zero attached hydrogens (tertiary/aromatic N) is 4. The summed E-state index contributed by atoms with van der Waals surface area (Å²) in [5.74, 6) is 0. The number of nitrogens with one attached hydrogen (secondary N) is 1. The number of aromatic nitrogens is 2. The number of piperazine rings is 1. The van der Waals surface area contributed by atoms with Crippen LogP contribution >= 0.6 is 0 Å². The molecule has 0 amide bonds. The molecule has 7 nitrogen and oxygen atoms in total. The second-order valence-corrected chi connectivity index (χ2v) is 6.72. The molecule has 1 aromatic carbocycles. The molecule has 1 aromatic heterocycles. The lowest BCUT2D eigenvalue weighted by atomic mass is 10.2. The fourth-order valence-electron chi connectivity index (χ4n) is 3.18. The molecular weight excluding hydrogens is 342 g/mol. The van der Waals surface area contributed by atoms with Crippen LogP contribution in [-0.2, 0) is 4.74 Å². The number of rotatable bonds is 8. The van der Waals surface area contributed by atoms with E-state index in [1.54, 1.807) is 0 Å². The highest BCUT2D eigenvalue weighted by molar-refractivity contribution is 5.68. The Kier molecular flexibility index (Phi) is 6.84. The maximum Gasteiger partial charge on any atom is 0.296 e. The Morgan fingerprint density at radius 1 is 1.15 bits per heavy atom. The van der Waals surface area contributed by atoms with Crippen LogP contribution in [0.15, 0.2) is 41.3 Å². The smallest absolute Gasteiger partial charge is 0.296 e. The van der Waals surface area contributed by atoms with E-state index < -0.39 is 0 Å². The lowest BCUT2D eigenvalue weighted by Crippen LogP contribution is -2.45. The quantitative estimate of drug-likeness (QED) is 0.715. The third-order valence-corrected chi connectivity index (χ3v) is 4.77. The summed E-state index contributed by atoms with van der Waals surface area (Å²) in [6, 6.07) is 9.53. The fourth-order valence-corrected chi connectivity index (χ4v) is 3.18. The highest BCUT2D eigenvalue weighted by atomic mass is 16.5. The molecule has 1 aliphatic rings. The number of hydrogen-bond donors (Lipinski definition) is 1. The van der Waals surface area contributed by atoms with Crippen molar-refractivity contribution in [1.82, 2.24) is 14.7 Å². The lowest BCUT2D eigenvalue weighted by Gasteiger charge is -2.34. The maximum atomic E-state index is 13.2. The second-order valence-electron chi connectivity index (χ2n) is 6.72. The Labute approximate surface area is 160 Å². The highest BCUT2D eigenvalue weighted by Crippen LogP contribution is 2.23. The van der Waals surface area contributed by atoms with Gasteiger partial charge in [-0.1, -0.05) is 18.2 Å². The summed E-state index contributed by atoms with van der Waals surface area (Å²) < 4.78 is 6.86. The van der Waals surface area contributed by atoms with E-state index in [9.17, 15) is 4.79 Å². The van der Waals surface area contributed by atoms with E-state index in [1.165, 1.54) is 4.68 Å². The van der Waals surface area contributed by atoms with Gasteiger partial charge >= 0.3 is 0 Å². The van der Waals surface area contributed by atoms with E-state index in [0.717, 1.165) is 44.0 Å². The summed E-state index contributed by atoms with van der Waals surface area (Å²) in [7, 11) is 2.12. The Morgan fingerprint density at radius 2 is 1.89 bits per heavy atom. The molecule has 27 heavy (non-hydrogen) atoms. The summed E-state index contributed by atoms with van der Waals surface area (Å²) in [6.45, 7) is 7.81. The van der Waals surface area contributed by atoms with Crippen molar-refractivity contribution in [3.05, 3.63) is 46.9 Å². The van der Waals surface area contributed by atoms with Gasteiger partial charge in [0.2, 0.25) is 0 Å². The average molecular weight is 371 g/mol. The van der Waals surface area contributed by atoms with Crippen LogP contribution in [0.2, 0.25) is 0 Å². The van der Waals surface area contributed by atoms with E-state index in [4.69, 9.17) is 4.74 Å². The van der Waals surface area contributed by atoms with Crippen LogP contribution in [0, 0.1) is 0 Å². The third-order valence-electron chi connectivity index (χ3n) is 4.77.